The minimum Gasteiger partial charge on any atom is -0.356 e. The first-order valence-electron chi connectivity index (χ1n) is 6.24. The predicted octanol–water partition coefficient (Wildman–Crippen LogP) is 1.42. The average Bonchev–Trinajstić information content (AvgIpc) is 2.71. The van der Waals surface area contributed by atoms with Crippen molar-refractivity contribution < 1.29 is 4.79 Å². The summed E-state index contributed by atoms with van der Waals surface area (Å²) in [5, 5.41) is 2.96. The van der Waals surface area contributed by atoms with E-state index in [4.69, 9.17) is 5.73 Å². The fourth-order valence-corrected chi connectivity index (χ4v) is 3.34. The third-order valence-electron chi connectivity index (χ3n) is 4.42. The Hall–Kier alpha value is -0.570. The summed E-state index contributed by atoms with van der Waals surface area (Å²) in [6.45, 7) is 1.58. The Morgan fingerprint density at radius 2 is 2.07 bits per heavy atom. The fourth-order valence-electron chi connectivity index (χ4n) is 3.34. The van der Waals surface area contributed by atoms with Gasteiger partial charge in [-0.2, -0.15) is 0 Å². The van der Waals surface area contributed by atoms with Crippen molar-refractivity contribution in [2.45, 2.75) is 44.9 Å². The van der Waals surface area contributed by atoms with Crippen molar-refractivity contribution >= 4 is 5.91 Å². The maximum absolute atomic E-state index is 11.3. The summed E-state index contributed by atoms with van der Waals surface area (Å²) in [7, 11) is 0. The number of hydrogen-bond donors (Lipinski definition) is 2. The molecule has 0 aromatic carbocycles. The number of nitrogens with two attached hydrogens (primary N) is 1. The van der Waals surface area contributed by atoms with Crippen molar-refractivity contribution in [3.8, 4) is 0 Å². The summed E-state index contributed by atoms with van der Waals surface area (Å²) in [5.41, 5.74) is 6.25. The third kappa shape index (κ3) is 2.17. The Kier molecular flexibility index (Phi) is 3.29. The lowest BCUT2D eigenvalue weighted by molar-refractivity contribution is -0.120. The number of rotatable bonds is 2. The van der Waals surface area contributed by atoms with Gasteiger partial charge in [0.05, 0.1) is 0 Å². The molecule has 0 aromatic rings. The molecular weight excluding hydrogens is 188 g/mol. The van der Waals surface area contributed by atoms with E-state index in [1.165, 1.54) is 25.7 Å². The van der Waals surface area contributed by atoms with Gasteiger partial charge in [0, 0.05) is 13.0 Å². The van der Waals surface area contributed by atoms with Crippen molar-refractivity contribution in [3.05, 3.63) is 0 Å². The summed E-state index contributed by atoms with van der Waals surface area (Å²) in [6, 6.07) is 0. The lowest BCUT2D eigenvalue weighted by atomic mass is 9.69. The lowest BCUT2D eigenvalue weighted by Gasteiger charge is -2.37. The molecule has 86 valence electrons. The van der Waals surface area contributed by atoms with Gasteiger partial charge in [0.2, 0.25) is 5.91 Å². The van der Waals surface area contributed by atoms with Crippen LogP contribution in [-0.2, 0) is 4.79 Å². The van der Waals surface area contributed by atoms with Crippen LogP contribution in [0, 0.1) is 11.3 Å². The van der Waals surface area contributed by atoms with Gasteiger partial charge in [-0.1, -0.05) is 12.8 Å². The van der Waals surface area contributed by atoms with Crippen molar-refractivity contribution in [2.24, 2.45) is 17.1 Å². The van der Waals surface area contributed by atoms with Gasteiger partial charge in [0.1, 0.15) is 0 Å². The van der Waals surface area contributed by atoms with E-state index >= 15 is 0 Å². The highest BCUT2D eigenvalue weighted by Crippen LogP contribution is 2.45. The van der Waals surface area contributed by atoms with E-state index in [9.17, 15) is 4.79 Å². The van der Waals surface area contributed by atoms with Gasteiger partial charge in [-0.05, 0) is 43.6 Å². The normalized spacial score (nSPS) is 33.8. The van der Waals surface area contributed by atoms with Crippen LogP contribution in [0.25, 0.3) is 0 Å². The quantitative estimate of drug-likeness (QED) is 0.724. The SMILES string of the molecule is NCC1(C2CCCC2)CCNC(=O)CC1. The summed E-state index contributed by atoms with van der Waals surface area (Å²) >= 11 is 0. The van der Waals surface area contributed by atoms with Crippen LogP contribution in [0.15, 0.2) is 0 Å². The van der Waals surface area contributed by atoms with Gasteiger partial charge in [-0.25, -0.2) is 0 Å². The zero-order valence-corrected chi connectivity index (χ0v) is 9.43. The molecule has 1 aliphatic carbocycles. The van der Waals surface area contributed by atoms with Crippen molar-refractivity contribution in [1.29, 1.82) is 0 Å². The van der Waals surface area contributed by atoms with Crippen LogP contribution in [0.2, 0.25) is 0 Å². The average molecular weight is 210 g/mol. The summed E-state index contributed by atoms with van der Waals surface area (Å²) in [5.74, 6) is 0.985. The van der Waals surface area contributed by atoms with E-state index in [1.807, 2.05) is 0 Å². The molecule has 1 unspecified atom stereocenters. The molecule has 0 radical (unpaired) electrons. The molecular formula is C12H22N2O. The molecule has 0 aromatic heterocycles. The standard InChI is InChI=1S/C12H22N2O/c13-9-12(10-3-1-2-4-10)6-5-11(15)14-8-7-12/h10H,1-9,13H2,(H,14,15). The van der Waals surface area contributed by atoms with Gasteiger partial charge < -0.3 is 11.1 Å². The van der Waals surface area contributed by atoms with Crippen LogP contribution in [0.3, 0.4) is 0 Å². The highest BCUT2D eigenvalue weighted by Gasteiger charge is 2.39. The lowest BCUT2D eigenvalue weighted by Crippen LogP contribution is -2.37. The van der Waals surface area contributed by atoms with Crippen LogP contribution >= 0.6 is 0 Å². The van der Waals surface area contributed by atoms with E-state index in [2.05, 4.69) is 5.32 Å². The number of nitrogens with one attached hydrogen (secondary N) is 1. The van der Waals surface area contributed by atoms with E-state index in [0.29, 0.717) is 6.42 Å². The molecule has 1 atom stereocenters. The van der Waals surface area contributed by atoms with Crippen LogP contribution in [0.5, 0.6) is 0 Å². The first-order chi connectivity index (χ1) is 7.27. The van der Waals surface area contributed by atoms with Gasteiger partial charge in [0.25, 0.3) is 0 Å². The second-order valence-electron chi connectivity index (χ2n) is 5.15. The highest BCUT2D eigenvalue weighted by molar-refractivity contribution is 5.76. The monoisotopic (exact) mass is 210 g/mol. The smallest absolute Gasteiger partial charge is 0.220 e. The molecule has 15 heavy (non-hydrogen) atoms. The van der Waals surface area contributed by atoms with E-state index in [0.717, 1.165) is 31.8 Å². The molecule has 1 heterocycles. The molecule has 0 bridgehead atoms. The zero-order chi connectivity index (χ0) is 10.7. The number of carbonyl (C=O) groups is 1. The van der Waals surface area contributed by atoms with Crippen LogP contribution in [-0.4, -0.2) is 19.0 Å². The minimum atomic E-state index is 0.211. The van der Waals surface area contributed by atoms with Crippen molar-refractivity contribution in [3.63, 3.8) is 0 Å². The molecule has 3 N–H and O–H groups in total. The predicted molar refractivity (Wildman–Crippen MR) is 60.3 cm³/mol. The Morgan fingerprint density at radius 3 is 2.73 bits per heavy atom. The van der Waals surface area contributed by atoms with E-state index in [-0.39, 0.29) is 11.3 Å². The van der Waals surface area contributed by atoms with E-state index < -0.39 is 0 Å². The number of hydrogen-bond acceptors (Lipinski definition) is 2. The Morgan fingerprint density at radius 1 is 1.33 bits per heavy atom. The van der Waals surface area contributed by atoms with Gasteiger partial charge in [-0.3, -0.25) is 4.79 Å². The molecule has 3 heteroatoms. The molecule has 1 saturated heterocycles. The second-order valence-corrected chi connectivity index (χ2v) is 5.15. The molecule has 0 spiro atoms. The topological polar surface area (TPSA) is 55.1 Å². The van der Waals surface area contributed by atoms with Gasteiger partial charge in [0.15, 0.2) is 0 Å². The van der Waals surface area contributed by atoms with Crippen molar-refractivity contribution in [1.82, 2.24) is 5.32 Å². The van der Waals surface area contributed by atoms with Crippen LogP contribution in [0.1, 0.15) is 44.9 Å². The minimum absolute atomic E-state index is 0.211. The van der Waals surface area contributed by atoms with Crippen LogP contribution < -0.4 is 11.1 Å². The number of carbonyl (C=O) groups excluding carboxylic acids is 1. The maximum atomic E-state index is 11.3. The fraction of sp³-hybridized carbons (Fsp3) is 0.917. The zero-order valence-electron chi connectivity index (χ0n) is 9.43. The van der Waals surface area contributed by atoms with E-state index in [1.54, 1.807) is 0 Å². The Labute approximate surface area is 91.8 Å². The Balaban J connectivity index is 2.08. The molecule has 2 fully saturated rings. The maximum Gasteiger partial charge on any atom is 0.220 e. The molecule has 1 saturated carbocycles. The molecule has 3 nitrogen and oxygen atoms in total. The highest BCUT2D eigenvalue weighted by atomic mass is 16.1. The van der Waals surface area contributed by atoms with Crippen molar-refractivity contribution in [2.75, 3.05) is 13.1 Å². The summed E-state index contributed by atoms with van der Waals surface area (Å²) in [6.07, 6.45) is 8.12. The summed E-state index contributed by atoms with van der Waals surface area (Å²) in [4.78, 5) is 11.3. The second kappa shape index (κ2) is 4.52. The molecule has 1 aliphatic heterocycles. The summed E-state index contributed by atoms with van der Waals surface area (Å²) < 4.78 is 0. The van der Waals surface area contributed by atoms with Crippen LogP contribution in [0.4, 0.5) is 0 Å². The van der Waals surface area contributed by atoms with Gasteiger partial charge in [-0.15, -0.1) is 0 Å². The molecule has 2 aliphatic rings. The van der Waals surface area contributed by atoms with Gasteiger partial charge >= 0.3 is 0 Å². The first kappa shape index (κ1) is 10.9. The largest absolute Gasteiger partial charge is 0.356 e. The first-order valence-corrected chi connectivity index (χ1v) is 6.24. The third-order valence-corrected chi connectivity index (χ3v) is 4.42. The molecule has 2 rings (SSSR count). The number of amides is 1. The molecule has 1 amide bonds. The Bertz CT molecular complexity index is 236.